The van der Waals surface area contributed by atoms with Crippen molar-refractivity contribution < 1.29 is 8.42 Å². The van der Waals surface area contributed by atoms with Crippen LogP contribution in [0.4, 0.5) is 11.5 Å². The summed E-state index contributed by atoms with van der Waals surface area (Å²) in [5.74, 6) is 0.0474. The van der Waals surface area contributed by atoms with Gasteiger partial charge in [0.2, 0.25) is 5.03 Å². The SMILES string of the molecule is Nc1nc2sccn2c1S(=O)(=O)N1CCc2ccccc21. The average Bonchev–Trinajstić information content (AvgIpc) is 3.10. The molecule has 0 saturated heterocycles. The van der Waals surface area contributed by atoms with Crippen LogP contribution in [0.15, 0.2) is 40.9 Å². The Morgan fingerprint density at radius 2 is 2.10 bits per heavy atom. The predicted octanol–water partition coefficient (Wildman–Crippen LogP) is 1.73. The number of hydrogen-bond donors (Lipinski definition) is 1. The van der Waals surface area contributed by atoms with Crippen LogP contribution in [-0.4, -0.2) is 24.3 Å². The Hall–Kier alpha value is -2.06. The normalized spacial score (nSPS) is 14.8. The zero-order chi connectivity index (χ0) is 14.6. The summed E-state index contributed by atoms with van der Waals surface area (Å²) >= 11 is 1.36. The molecule has 0 amide bonds. The maximum Gasteiger partial charge on any atom is 0.284 e. The summed E-state index contributed by atoms with van der Waals surface area (Å²) in [5, 5.41) is 1.84. The standard InChI is InChI=1S/C13H12N4O2S2/c14-11-12(16-7-8-20-13(16)15-11)21(18,19)17-6-5-9-3-1-2-4-10(9)17/h1-4,7-8H,5-6,14H2. The van der Waals surface area contributed by atoms with E-state index in [4.69, 9.17) is 5.73 Å². The summed E-state index contributed by atoms with van der Waals surface area (Å²) in [6.45, 7) is 0.429. The Morgan fingerprint density at radius 1 is 1.29 bits per heavy atom. The second kappa shape index (κ2) is 4.22. The molecule has 0 radical (unpaired) electrons. The van der Waals surface area contributed by atoms with E-state index in [1.54, 1.807) is 11.6 Å². The van der Waals surface area contributed by atoms with Crippen LogP contribution >= 0.6 is 11.3 Å². The van der Waals surface area contributed by atoms with E-state index in [1.807, 2.05) is 24.3 Å². The van der Waals surface area contributed by atoms with Crippen molar-refractivity contribution in [2.45, 2.75) is 11.4 Å². The third kappa shape index (κ3) is 1.69. The maximum atomic E-state index is 13.0. The second-order valence-electron chi connectivity index (χ2n) is 4.81. The van der Waals surface area contributed by atoms with Gasteiger partial charge >= 0.3 is 0 Å². The fraction of sp³-hybridized carbons (Fsp3) is 0.154. The summed E-state index contributed by atoms with van der Waals surface area (Å²) in [4.78, 5) is 4.70. The van der Waals surface area contributed by atoms with Gasteiger partial charge in [0.25, 0.3) is 10.0 Å². The minimum atomic E-state index is -3.72. The van der Waals surface area contributed by atoms with Crippen LogP contribution in [0.3, 0.4) is 0 Å². The molecule has 2 aromatic heterocycles. The lowest BCUT2D eigenvalue weighted by Gasteiger charge is -2.19. The number of thiazole rings is 1. The van der Waals surface area contributed by atoms with Crippen LogP contribution in [0.1, 0.15) is 5.56 Å². The molecular weight excluding hydrogens is 308 g/mol. The van der Waals surface area contributed by atoms with Gasteiger partial charge in [0, 0.05) is 18.1 Å². The number of para-hydroxylation sites is 1. The number of nitrogens with two attached hydrogens (primary N) is 1. The van der Waals surface area contributed by atoms with E-state index >= 15 is 0 Å². The summed E-state index contributed by atoms with van der Waals surface area (Å²) < 4.78 is 28.9. The van der Waals surface area contributed by atoms with Gasteiger partial charge in [-0.2, -0.15) is 8.42 Å². The van der Waals surface area contributed by atoms with E-state index in [9.17, 15) is 8.42 Å². The first-order valence-corrected chi connectivity index (χ1v) is 8.72. The van der Waals surface area contributed by atoms with Crippen LogP contribution in [0.2, 0.25) is 0 Å². The lowest BCUT2D eigenvalue weighted by molar-refractivity contribution is 0.588. The van der Waals surface area contributed by atoms with Crippen molar-refractivity contribution in [3.63, 3.8) is 0 Å². The molecular formula is C13H12N4O2S2. The average molecular weight is 320 g/mol. The topological polar surface area (TPSA) is 80.7 Å². The van der Waals surface area contributed by atoms with Gasteiger partial charge in [-0.05, 0) is 18.1 Å². The van der Waals surface area contributed by atoms with Crippen molar-refractivity contribution >= 4 is 37.8 Å². The summed E-state index contributed by atoms with van der Waals surface area (Å²) in [7, 11) is -3.72. The number of nitrogen functional groups attached to an aromatic ring is 1. The van der Waals surface area contributed by atoms with Crippen LogP contribution in [0.5, 0.6) is 0 Å². The molecule has 0 saturated carbocycles. The number of nitrogens with zero attached hydrogens (tertiary/aromatic N) is 3. The zero-order valence-corrected chi connectivity index (χ0v) is 12.6. The molecule has 108 valence electrons. The Kier molecular flexibility index (Phi) is 2.54. The molecule has 0 unspecified atom stereocenters. The number of fused-ring (bicyclic) bond motifs is 2. The van der Waals surface area contributed by atoms with Crippen molar-refractivity contribution in [1.29, 1.82) is 0 Å². The number of anilines is 2. The van der Waals surface area contributed by atoms with Gasteiger partial charge in [0.05, 0.1) is 5.69 Å². The highest BCUT2D eigenvalue weighted by atomic mass is 32.2. The third-order valence-corrected chi connectivity index (χ3v) is 6.23. The minimum Gasteiger partial charge on any atom is -0.381 e. The van der Waals surface area contributed by atoms with Gasteiger partial charge in [-0.1, -0.05) is 18.2 Å². The highest BCUT2D eigenvalue weighted by Gasteiger charge is 2.35. The number of hydrogen-bond acceptors (Lipinski definition) is 5. The Balaban J connectivity index is 1.92. The van der Waals surface area contributed by atoms with Crippen molar-refractivity contribution in [3.05, 3.63) is 41.4 Å². The zero-order valence-electron chi connectivity index (χ0n) is 10.9. The fourth-order valence-corrected chi connectivity index (χ4v) is 5.16. The second-order valence-corrected chi connectivity index (χ2v) is 7.46. The smallest absolute Gasteiger partial charge is 0.284 e. The molecule has 4 rings (SSSR count). The molecule has 0 atom stereocenters. The van der Waals surface area contributed by atoms with E-state index in [1.165, 1.54) is 20.0 Å². The van der Waals surface area contributed by atoms with Crippen molar-refractivity contribution in [1.82, 2.24) is 9.38 Å². The van der Waals surface area contributed by atoms with Crippen LogP contribution in [0, 0.1) is 0 Å². The molecule has 1 aliphatic rings. The first kappa shape index (κ1) is 12.7. The maximum absolute atomic E-state index is 13.0. The molecule has 6 nitrogen and oxygen atoms in total. The predicted molar refractivity (Wildman–Crippen MR) is 82.2 cm³/mol. The van der Waals surface area contributed by atoms with Gasteiger partial charge in [0.1, 0.15) is 0 Å². The quantitative estimate of drug-likeness (QED) is 0.780. The molecule has 1 aromatic carbocycles. The molecule has 1 aliphatic heterocycles. The molecule has 0 bridgehead atoms. The first-order valence-electron chi connectivity index (χ1n) is 6.41. The Morgan fingerprint density at radius 3 is 2.95 bits per heavy atom. The third-order valence-electron chi connectivity index (χ3n) is 3.62. The van der Waals surface area contributed by atoms with E-state index in [0.29, 0.717) is 17.9 Å². The summed E-state index contributed by atoms with van der Waals surface area (Å²) in [6.07, 6.45) is 2.39. The van der Waals surface area contributed by atoms with Crippen LogP contribution < -0.4 is 10.0 Å². The largest absolute Gasteiger partial charge is 0.381 e. The van der Waals surface area contributed by atoms with E-state index in [0.717, 1.165) is 11.3 Å². The van der Waals surface area contributed by atoms with Crippen LogP contribution in [-0.2, 0) is 16.4 Å². The van der Waals surface area contributed by atoms with Crippen molar-refractivity contribution in [2.24, 2.45) is 0 Å². The monoisotopic (exact) mass is 320 g/mol. The molecule has 3 heterocycles. The van der Waals surface area contributed by atoms with Gasteiger partial charge < -0.3 is 5.73 Å². The van der Waals surface area contributed by atoms with E-state index in [2.05, 4.69) is 4.98 Å². The number of rotatable bonds is 2. The molecule has 0 spiro atoms. The first-order chi connectivity index (χ1) is 10.1. The van der Waals surface area contributed by atoms with Crippen molar-refractivity contribution in [2.75, 3.05) is 16.6 Å². The minimum absolute atomic E-state index is 0.0474. The molecule has 3 aromatic rings. The fourth-order valence-electron chi connectivity index (χ4n) is 2.70. The molecule has 21 heavy (non-hydrogen) atoms. The number of benzene rings is 1. The van der Waals surface area contributed by atoms with Gasteiger partial charge in [-0.15, -0.1) is 11.3 Å². The molecule has 8 heteroatoms. The lowest BCUT2D eigenvalue weighted by Crippen LogP contribution is -2.30. The van der Waals surface area contributed by atoms with Gasteiger partial charge in [-0.25, -0.2) is 4.98 Å². The summed E-state index contributed by atoms with van der Waals surface area (Å²) in [6, 6.07) is 7.53. The van der Waals surface area contributed by atoms with Gasteiger partial charge in [0.15, 0.2) is 10.8 Å². The van der Waals surface area contributed by atoms with Gasteiger partial charge in [-0.3, -0.25) is 8.71 Å². The van der Waals surface area contributed by atoms with Crippen LogP contribution in [0.25, 0.3) is 4.96 Å². The number of imidazole rings is 1. The Labute approximate surface area is 125 Å². The highest BCUT2D eigenvalue weighted by molar-refractivity contribution is 7.93. The lowest BCUT2D eigenvalue weighted by atomic mass is 10.2. The van der Waals surface area contributed by atoms with E-state index < -0.39 is 10.0 Å². The summed E-state index contributed by atoms with van der Waals surface area (Å²) in [5.41, 5.74) is 7.60. The molecule has 0 aliphatic carbocycles. The molecule has 2 N–H and O–H groups in total. The number of aromatic nitrogens is 2. The molecule has 0 fully saturated rings. The highest BCUT2D eigenvalue weighted by Crippen LogP contribution is 2.34. The van der Waals surface area contributed by atoms with Crippen molar-refractivity contribution in [3.8, 4) is 0 Å². The van der Waals surface area contributed by atoms with E-state index in [-0.39, 0.29) is 10.8 Å². The number of sulfonamides is 1. The Bertz CT molecular complexity index is 942.